The fourth-order valence-corrected chi connectivity index (χ4v) is 2.03. The molecule has 2 rings (SSSR count). The molecule has 0 bridgehead atoms. The van der Waals surface area contributed by atoms with Crippen LogP contribution in [-0.2, 0) is 0 Å². The van der Waals surface area contributed by atoms with E-state index in [0.717, 1.165) is 6.54 Å². The molecule has 5 nitrogen and oxygen atoms in total. The Bertz CT molecular complexity index is 500. The highest BCUT2D eigenvalue weighted by Gasteiger charge is 2.25. The fourth-order valence-electron chi connectivity index (χ4n) is 1.78. The third-order valence-corrected chi connectivity index (χ3v) is 3.27. The van der Waals surface area contributed by atoms with E-state index >= 15 is 0 Å². The molecule has 1 fully saturated rings. The summed E-state index contributed by atoms with van der Waals surface area (Å²) in [6.45, 7) is 0.730. The van der Waals surface area contributed by atoms with E-state index in [9.17, 15) is 14.9 Å². The molecular weight excluding hydrogens is 256 g/mol. The number of hydrogen-bond donors (Lipinski definition) is 0. The number of carbonyl (C=O) groups excluding carboxylic acids is 1. The molecule has 0 radical (unpaired) electrons. The molecule has 0 unspecified atom stereocenters. The summed E-state index contributed by atoms with van der Waals surface area (Å²) in [6.07, 6.45) is 2.33. The van der Waals surface area contributed by atoms with E-state index in [4.69, 9.17) is 11.6 Å². The maximum atomic E-state index is 12.0. The van der Waals surface area contributed by atoms with Gasteiger partial charge in [-0.25, -0.2) is 0 Å². The summed E-state index contributed by atoms with van der Waals surface area (Å²) >= 11 is 5.78. The van der Waals surface area contributed by atoms with Crippen LogP contribution >= 0.6 is 11.6 Å². The van der Waals surface area contributed by atoms with Gasteiger partial charge in [0.05, 0.1) is 4.92 Å². The molecule has 1 aliphatic carbocycles. The lowest BCUT2D eigenvalue weighted by Crippen LogP contribution is -2.28. The average Bonchev–Trinajstić information content (AvgIpc) is 3.11. The molecule has 0 N–H and O–H groups in total. The Morgan fingerprint density at radius 2 is 2.22 bits per heavy atom. The van der Waals surface area contributed by atoms with E-state index in [-0.39, 0.29) is 16.6 Å². The number of carbonyl (C=O) groups is 1. The summed E-state index contributed by atoms with van der Waals surface area (Å²) < 4.78 is 0. The summed E-state index contributed by atoms with van der Waals surface area (Å²) in [6, 6.07) is 4.06. The van der Waals surface area contributed by atoms with Gasteiger partial charge in [0.2, 0.25) is 0 Å². The van der Waals surface area contributed by atoms with Gasteiger partial charge in [-0.2, -0.15) is 0 Å². The Kier molecular flexibility index (Phi) is 3.52. The monoisotopic (exact) mass is 268 g/mol. The zero-order chi connectivity index (χ0) is 13.3. The number of rotatable bonds is 4. The highest BCUT2D eigenvalue weighted by atomic mass is 35.5. The Balaban J connectivity index is 2.14. The topological polar surface area (TPSA) is 63.5 Å². The molecule has 1 amide bonds. The van der Waals surface area contributed by atoms with Crippen molar-refractivity contribution < 1.29 is 9.72 Å². The number of hydrogen-bond acceptors (Lipinski definition) is 3. The van der Waals surface area contributed by atoms with Crippen molar-refractivity contribution in [1.29, 1.82) is 0 Å². The van der Waals surface area contributed by atoms with Gasteiger partial charge in [0.15, 0.2) is 0 Å². The highest BCUT2D eigenvalue weighted by molar-refractivity contribution is 6.33. The summed E-state index contributed by atoms with van der Waals surface area (Å²) in [7, 11) is 1.73. The predicted molar refractivity (Wildman–Crippen MR) is 67.8 cm³/mol. The number of nitro groups is 1. The van der Waals surface area contributed by atoms with Crippen LogP contribution in [0.3, 0.4) is 0 Å². The minimum Gasteiger partial charge on any atom is -0.341 e. The predicted octanol–water partition coefficient (Wildman–Crippen LogP) is 2.73. The Morgan fingerprint density at radius 3 is 2.72 bits per heavy atom. The van der Waals surface area contributed by atoms with Crippen molar-refractivity contribution in [3.05, 3.63) is 38.9 Å². The third kappa shape index (κ3) is 2.79. The minimum atomic E-state index is -0.565. The molecule has 1 aliphatic rings. The first-order chi connectivity index (χ1) is 8.49. The van der Waals surface area contributed by atoms with Crippen molar-refractivity contribution in [1.82, 2.24) is 4.90 Å². The number of nitro benzene ring substituents is 1. The molecule has 1 saturated carbocycles. The first-order valence-corrected chi connectivity index (χ1v) is 6.06. The number of benzene rings is 1. The van der Waals surface area contributed by atoms with E-state index in [2.05, 4.69) is 0 Å². The SMILES string of the molecule is CN(CC1CC1)C(=O)c1ccc([N+](=O)[O-])c(Cl)c1. The maximum absolute atomic E-state index is 12.0. The van der Waals surface area contributed by atoms with Gasteiger partial charge in [-0.3, -0.25) is 14.9 Å². The summed E-state index contributed by atoms with van der Waals surface area (Å²) in [5.41, 5.74) is 0.201. The lowest BCUT2D eigenvalue weighted by molar-refractivity contribution is -0.384. The van der Waals surface area contributed by atoms with Crippen molar-refractivity contribution in [2.75, 3.05) is 13.6 Å². The zero-order valence-corrected chi connectivity index (χ0v) is 10.7. The normalized spacial score (nSPS) is 14.3. The standard InChI is InChI=1S/C12H13ClN2O3/c1-14(7-8-2-3-8)12(16)9-4-5-11(15(17)18)10(13)6-9/h4-6,8H,2-3,7H2,1H3. The Labute approximate surface area is 109 Å². The van der Waals surface area contributed by atoms with Crippen molar-refractivity contribution in [2.45, 2.75) is 12.8 Å². The van der Waals surface area contributed by atoms with Crippen molar-refractivity contribution in [2.24, 2.45) is 5.92 Å². The Morgan fingerprint density at radius 1 is 1.56 bits per heavy atom. The molecule has 0 aromatic heterocycles. The number of halogens is 1. The van der Waals surface area contributed by atoms with E-state index in [1.165, 1.54) is 31.0 Å². The van der Waals surface area contributed by atoms with Crippen LogP contribution in [0.15, 0.2) is 18.2 Å². The van der Waals surface area contributed by atoms with Crippen LogP contribution in [0.25, 0.3) is 0 Å². The molecule has 1 aromatic carbocycles. The van der Waals surface area contributed by atoms with E-state index < -0.39 is 4.92 Å². The molecular formula is C12H13ClN2O3. The second kappa shape index (κ2) is 4.94. The second-order valence-electron chi connectivity index (χ2n) is 4.55. The second-order valence-corrected chi connectivity index (χ2v) is 4.96. The largest absolute Gasteiger partial charge is 0.341 e. The van der Waals surface area contributed by atoms with Crippen LogP contribution < -0.4 is 0 Å². The lowest BCUT2D eigenvalue weighted by Gasteiger charge is -2.16. The van der Waals surface area contributed by atoms with Gasteiger partial charge in [0.25, 0.3) is 11.6 Å². The first kappa shape index (κ1) is 12.8. The van der Waals surface area contributed by atoms with Gasteiger partial charge in [0.1, 0.15) is 5.02 Å². The van der Waals surface area contributed by atoms with Gasteiger partial charge in [0, 0.05) is 25.2 Å². The van der Waals surface area contributed by atoms with Gasteiger partial charge in [-0.15, -0.1) is 0 Å². The van der Waals surface area contributed by atoms with Crippen molar-refractivity contribution in [3.8, 4) is 0 Å². The van der Waals surface area contributed by atoms with Gasteiger partial charge < -0.3 is 4.90 Å². The minimum absolute atomic E-state index is 0.00864. The summed E-state index contributed by atoms with van der Waals surface area (Å²) in [4.78, 5) is 23.7. The molecule has 18 heavy (non-hydrogen) atoms. The molecule has 96 valence electrons. The van der Waals surface area contributed by atoms with Crippen molar-refractivity contribution in [3.63, 3.8) is 0 Å². The Hall–Kier alpha value is -1.62. The van der Waals surface area contributed by atoms with Crippen LogP contribution in [0.1, 0.15) is 23.2 Å². The first-order valence-electron chi connectivity index (χ1n) is 5.68. The molecule has 0 saturated heterocycles. The third-order valence-electron chi connectivity index (χ3n) is 2.97. The number of amides is 1. The molecule has 0 atom stereocenters. The number of nitrogens with zero attached hydrogens (tertiary/aromatic N) is 2. The molecule has 0 spiro atoms. The van der Waals surface area contributed by atoms with Crippen LogP contribution in [0.5, 0.6) is 0 Å². The fraction of sp³-hybridized carbons (Fsp3) is 0.417. The van der Waals surface area contributed by atoms with Crippen LogP contribution in [-0.4, -0.2) is 29.3 Å². The van der Waals surface area contributed by atoms with Crippen LogP contribution in [0, 0.1) is 16.0 Å². The van der Waals surface area contributed by atoms with Gasteiger partial charge >= 0.3 is 0 Å². The lowest BCUT2D eigenvalue weighted by atomic mass is 10.2. The van der Waals surface area contributed by atoms with E-state index in [1.54, 1.807) is 11.9 Å². The quantitative estimate of drug-likeness (QED) is 0.623. The summed E-state index contributed by atoms with van der Waals surface area (Å²) in [5.74, 6) is 0.450. The molecule has 0 aliphatic heterocycles. The molecule has 0 heterocycles. The van der Waals surface area contributed by atoms with Gasteiger partial charge in [-0.05, 0) is 30.9 Å². The molecule has 6 heteroatoms. The van der Waals surface area contributed by atoms with Crippen molar-refractivity contribution >= 4 is 23.2 Å². The average molecular weight is 269 g/mol. The van der Waals surface area contributed by atoms with Gasteiger partial charge in [-0.1, -0.05) is 11.6 Å². The van der Waals surface area contributed by atoms with E-state index in [0.29, 0.717) is 11.5 Å². The zero-order valence-electron chi connectivity index (χ0n) is 9.93. The summed E-state index contributed by atoms with van der Waals surface area (Å²) in [5, 5.41) is 10.6. The smallest absolute Gasteiger partial charge is 0.287 e. The van der Waals surface area contributed by atoms with Crippen LogP contribution in [0.4, 0.5) is 5.69 Å². The van der Waals surface area contributed by atoms with E-state index in [1.807, 2.05) is 0 Å². The maximum Gasteiger partial charge on any atom is 0.287 e. The highest BCUT2D eigenvalue weighted by Crippen LogP contribution is 2.30. The van der Waals surface area contributed by atoms with Crippen LogP contribution in [0.2, 0.25) is 5.02 Å². The molecule has 1 aromatic rings.